The maximum Gasteiger partial charge on any atom is 0.326 e. The van der Waals surface area contributed by atoms with Gasteiger partial charge in [0.1, 0.15) is 6.04 Å². The fourth-order valence-corrected chi connectivity index (χ4v) is 2.03. The zero-order valence-electron chi connectivity index (χ0n) is 12.0. The quantitative estimate of drug-likeness (QED) is 0.624. The monoisotopic (exact) mass is 316 g/mol. The van der Waals surface area contributed by atoms with Gasteiger partial charge in [0.2, 0.25) is 0 Å². The molecule has 0 fully saturated rings. The average Bonchev–Trinajstić information content (AvgIpc) is 2.88. The van der Waals surface area contributed by atoms with Gasteiger partial charge in [-0.1, -0.05) is 0 Å². The number of hydrogen-bond acceptors (Lipinski definition) is 5. The van der Waals surface area contributed by atoms with Crippen molar-refractivity contribution >= 4 is 29.4 Å². The van der Waals surface area contributed by atoms with Crippen LogP contribution in [0, 0.1) is 0 Å². The summed E-state index contributed by atoms with van der Waals surface area (Å²) in [4.78, 5) is 22.8. The van der Waals surface area contributed by atoms with Gasteiger partial charge in [-0.25, -0.2) is 9.59 Å². The standard InChI is InChI=1S/C12H20N4O4S/c1-20-5-4-16-8-9(7-13-16)14-12(19)15-10(11(17)18)3-6-21-2/h7-8,10H,3-6H2,1-2H3,(H,17,18)(H2,14,15,19)/t10-/m1/s1. The third-order valence-electron chi connectivity index (χ3n) is 2.63. The lowest BCUT2D eigenvalue weighted by Crippen LogP contribution is -2.43. The summed E-state index contributed by atoms with van der Waals surface area (Å²) in [6, 6.07) is -1.46. The van der Waals surface area contributed by atoms with Crippen molar-refractivity contribution in [3.8, 4) is 0 Å². The molecule has 118 valence electrons. The van der Waals surface area contributed by atoms with Gasteiger partial charge >= 0.3 is 12.0 Å². The van der Waals surface area contributed by atoms with Crippen LogP contribution in [0.4, 0.5) is 10.5 Å². The van der Waals surface area contributed by atoms with E-state index in [0.717, 1.165) is 0 Å². The molecule has 2 amide bonds. The Bertz CT molecular complexity index is 466. The van der Waals surface area contributed by atoms with Crippen molar-refractivity contribution in [1.82, 2.24) is 15.1 Å². The van der Waals surface area contributed by atoms with Crippen molar-refractivity contribution in [3.05, 3.63) is 12.4 Å². The molecule has 0 saturated carbocycles. The minimum absolute atomic E-state index is 0.372. The number of carbonyl (C=O) groups is 2. The minimum atomic E-state index is -1.05. The molecule has 1 aromatic rings. The predicted octanol–water partition coefficient (Wildman–Crippen LogP) is 0.857. The fraction of sp³-hybridized carbons (Fsp3) is 0.583. The molecule has 21 heavy (non-hydrogen) atoms. The highest BCUT2D eigenvalue weighted by atomic mass is 32.2. The number of rotatable bonds is 9. The SMILES string of the molecule is COCCn1cc(NC(=O)N[C@H](CCSC)C(=O)O)cn1. The van der Waals surface area contributed by atoms with Crippen LogP contribution in [0.1, 0.15) is 6.42 Å². The van der Waals surface area contributed by atoms with Crippen LogP contribution < -0.4 is 10.6 Å². The second-order valence-electron chi connectivity index (χ2n) is 4.26. The van der Waals surface area contributed by atoms with Gasteiger partial charge in [-0.3, -0.25) is 4.68 Å². The number of carboxylic acid groups (broad SMARTS) is 1. The van der Waals surface area contributed by atoms with Gasteiger partial charge in [-0.05, 0) is 18.4 Å². The van der Waals surface area contributed by atoms with Crippen LogP contribution in [0.25, 0.3) is 0 Å². The summed E-state index contributed by atoms with van der Waals surface area (Å²) in [6.07, 6.45) is 5.40. The second-order valence-corrected chi connectivity index (χ2v) is 5.24. The Morgan fingerprint density at radius 3 is 2.95 bits per heavy atom. The summed E-state index contributed by atoms with van der Waals surface area (Å²) >= 11 is 1.53. The maximum atomic E-state index is 11.8. The van der Waals surface area contributed by atoms with Gasteiger partial charge in [0, 0.05) is 13.3 Å². The van der Waals surface area contributed by atoms with Crippen LogP contribution >= 0.6 is 11.8 Å². The Labute approximate surface area is 127 Å². The van der Waals surface area contributed by atoms with Gasteiger partial charge in [-0.15, -0.1) is 0 Å². The molecule has 0 unspecified atom stereocenters. The number of nitrogens with one attached hydrogen (secondary N) is 2. The first-order valence-electron chi connectivity index (χ1n) is 6.37. The zero-order valence-corrected chi connectivity index (χ0v) is 12.9. The highest BCUT2D eigenvalue weighted by molar-refractivity contribution is 7.98. The summed E-state index contributed by atoms with van der Waals surface area (Å²) in [5.74, 6) is -0.387. The smallest absolute Gasteiger partial charge is 0.326 e. The zero-order chi connectivity index (χ0) is 15.7. The van der Waals surface area contributed by atoms with Crippen LogP contribution in [0.2, 0.25) is 0 Å². The molecule has 1 aromatic heterocycles. The van der Waals surface area contributed by atoms with E-state index in [1.807, 2.05) is 6.26 Å². The average molecular weight is 316 g/mol. The van der Waals surface area contributed by atoms with E-state index in [-0.39, 0.29) is 0 Å². The maximum absolute atomic E-state index is 11.8. The van der Waals surface area contributed by atoms with Crippen LogP contribution in [0.5, 0.6) is 0 Å². The molecule has 9 heteroatoms. The van der Waals surface area contributed by atoms with Gasteiger partial charge in [0.05, 0.1) is 25.0 Å². The third kappa shape index (κ3) is 6.50. The van der Waals surface area contributed by atoms with E-state index in [0.29, 0.717) is 31.0 Å². The second kappa shape index (κ2) is 9.24. The summed E-state index contributed by atoms with van der Waals surface area (Å²) in [5.41, 5.74) is 0.498. The normalized spacial score (nSPS) is 11.9. The van der Waals surface area contributed by atoms with Crippen LogP contribution in [0.3, 0.4) is 0 Å². The molecule has 0 spiro atoms. The molecular formula is C12H20N4O4S. The number of thioether (sulfide) groups is 1. The molecule has 0 bridgehead atoms. The molecule has 8 nitrogen and oxygen atoms in total. The molecule has 1 atom stereocenters. The van der Waals surface area contributed by atoms with E-state index in [1.54, 1.807) is 18.0 Å². The Kier molecular flexibility index (Phi) is 7.62. The lowest BCUT2D eigenvalue weighted by molar-refractivity contribution is -0.139. The van der Waals surface area contributed by atoms with E-state index in [4.69, 9.17) is 9.84 Å². The first-order valence-corrected chi connectivity index (χ1v) is 7.77. The van der Waals surface area contributed by atoms with Gasteiger partial charge in [0.15, 0.2) is 0 Å². The number of amides is 2. The molecule has 1 heterocycles. The van der Waals surface area contributed by atoms with Crippen molar-refractivity contribution in [2.75, 3.05) is 31.0 Å². The number of aromatic nitrogens is 2. The van der Waals surface area contributed by atoms with Crippen molar-refractivity contribution in [1.29, 1.82) is 0 Å². The van der Waals surface area contributed by atoms with E-state index in [9.17, 15) is 9.59 Å². The highest BCUT2D eigenvalue weighted by Crippen LogP contribution is 2.06. The molecular weight excluding hydrogens is 296 g/mol. The van der Waals surface area contributed by atoms with Crippen LogP contribution in [-0.4, -0.2) is 58.7 Å². The number of carboxylic acids is 1. The molecule has 0 aliphatic heterocycles. The highest BCUT2D eigenvalue weighted by Gasteiger charge is 2.19. The number of ether oxygens (including phenoxy) is 1. The largest absolute Gasteiger partial charge is 0.480 e. The van der Waals surface area contributed by atoms with Gasteiger partial charge < -0.3 is 20.5 Å². The number of anilines is 1. The first-order chi connectivity index (χ1) is 10.1. The Morgan fingerprint density at radius 2 is 2.33 bits per heavy atom. The molecule has 3 N–H and O–H groups in total. The van der Waals surface area contributed by atoms with Crippen molar-refractivity contribution in [3.63, 3.8) is 0 Å². The number of aliphatic carboxylic acids is 1. The lowest BCUT2D eigenvalue weighted by Gasteiger charge is -2.13. The Hall–Kier alpha value is -1.74. The molecule has 0 aliphatic carbocycles. The topological polar surface area (TPSA) is 105 Å². The minimum Gasteiger partial charge on any atom is -0.480 e. The molecule has 0 saturated heterocycles. The number of carbonyl (C=O) groups excluding carboxylic acids is 1. The van der Waals surface area contributed by atoms with E-state index in [2.05, 4.69) is 15.7 Å². The van der Waals surface area contributed by atoms with Gasteiger partial charge in [0.25, 0.3) is 0 Å². The Balaban J connectivity index is 2.47. The fourth-order valence-electron chi connectivity index (χ4n) is 1.55. The molecule has 1 rings (SSSR count). The van der Waals surface area contributed by atoms with Crippen molar-refractivity contribution < 1.29 is 19.4 Å². The first kappa shape index (κ1) is 17.3. The summed E-state index contributed by atoms with van der Waals surface area (Å²) in [6.45, 7) is 1.09. The van der Waals surface area contributed by atoms with Crippen molar-refractivity contribution in [2.45, 2.75) is 19.0 Å². The Morgan fingerprint density at radius 1 is 1.57 bits per heavy atom. The van der Waals surface area contributed by atoms with E-state index >= 15 is 0 Å². The summed E-state index contributed by atoms with van der Waals surface area (Å²) in [5, 5.41) is 18.1. The van der Waals surface area contributed by atoms with E-state index < -0.39 is 18.0 Å². The van der Waals surface area contributed by atoms with E-state index in [1.165, 1.54) is 18.0 Å². The predicted molar refractivity (Wildman–Crippen MR) is 80.7 cm³/mol. The molecule has 0 radical (unpaired) electrons. The van der Waals surface area contributed by atoms with Crippen LogP contribution in [0.15, 0.2) is 12.4 Å². The number of nitrogens with zero attached hydrogens (tertiary/aromatic N) is 2. The van der Waals surface area contributed by atoms with Gasteiger partial charge in [-0.2, -0.15) is 16.9 Å². The number of hydrogen-bond donors (Lipinski definition) is 3. The van der Waals surface area contributed by atoms with Crippen LogP contribution in [-0.2, 0) is 16.1 Å². The number of urea groups is 1. The van der Waals surface area contributed by atoms with Crippen molar-refractivity contribution in [2.24, 2.45) is 0 Å². The lowest BCUT2D eigenvalue weighted by atomic mass is 10.2. The molecule has 0 aromatic carbocycles. The summed E-state index contributed by atoms with van der Waals surface area (Å²) in [7, 11) is 1.59. The number of methoxy groups -OCH3 is 1. The molecule has 0 aliphatic rings. The third-order valence-corrected chi connectivity index (χ3v) is 3.27. The summed E-state index contributed by atoms with van der Waals surface area (Å²) < 4.78 is 6.55.